The average Bonchev–Trinajstić information content (AvgIpc) is 3.04. The van der Waals surface area contributed by atoms with E-state index in [1.54, 1.807) is 18.3 Å². The molecule has 262 valence electrons. The van der Waals surface area contributed by atoms with Gasteiger partial charge in [0.2, 0.25) is 21.8 Å². The first kappa shape index (κ1) is 35.7. The first-order chi connectivity index (χ1) is 23.7. The van der Waals surface area contributed by atoms with Gasteiger partial charge in [0.05, 0.1) is 17.5 Å². The Balaban J connectivity index is 1.23. The van der Waals surface area contributed by atoms with Gasteiger partial charge < -0.3 is 21.1 Å². The Kier molecular flexibility index (Phi) is 10.9. The van der Waals surface area contributed by atoms with Gasteiger partial charge in [-0.3, -0.25) is 24.1 Å². The Bertz CT molecular complexity index is 2010. The molecule has 0 atom stereocenters. The van der Waals surface area contributed by atoms with E-state index >= 15 is 0 Å². The number of urea groups is 1. The van der Waals surface area contributed by atoms with Gasteiger partial charge in [-0.25, -0.2) is 27.0 Å². The normalized spacial score (nSPS) is 13.7. The van der Waals surface area contributed by atoms with Crippen LogP contribution < -0.4 is 30.7 Å². The van der Waals surface area contributed by atoms with Gasteiger partial charge in [-0.1, -0.05) is 12.1 Å². The van der Waals surface area contributed by atoms with E-state index in [0.29, 0.717) is 38.2 Å². The number of carbonyl (C=O) groups is 3. The third-order valence-electron chi connectivity index (χ3n) is 7.72. The van der Waals surface area contributed by atoms with Crippen LogP contribution in [0.4, 0.5) is 36.3 Å². The summed E-state index contributed by atoms with van der Waals surface area (Å²) in [6.07, 6.45) is 3.76. The van der Waals surface area contributed by atoms with Gasteiger partial charge in [-0.05, 0) is 73.0 Å². The SMILES string of the molecule is CC(=O)Nc1cc(NC(=O)N(c2cccc(F)c2)C2CCN(Cc3ccc(Oc4ccc(NS(C)(=O)=O)cc4C(N)=O)nc3)CC2)ccc1F. The van der Waals surface area contributed by atoms with Gasteiger partial charge in [0.15, 0.2) is 0 Å². The van der Waals surface area contributed by atoms with Crippen molar-refractivity contribution >= 4 is 50.6 Å². The Labute approximate surface area is 287 Å². The van der Waals surface area contributed by atoms with Crippen molar-refractivity contribution in [3.05, 3.63) is 102 Å². The fraction of sp³-hybridized carbons (Fsp3) is 0.235. The van der Waals surface area contributed by atoms with Crippen LogP contribution in [0.3, 0.4) is 0 Å². The molecule has 0 radical (unpaired) electrons. The summed E-state index contributed by atoms with van der Waals surface area (Å²) in [5.74, 6) is -2.12. The van der Waals surface area contributed by atoms with E-state index in [2.05, 4.69) is 25.2 Å². The van der Waals surface area contributed by atoms with Crippen LogP contribution in [-0.2, 0) is 21.4 Å². The quantitative estimate of drug-likeness (QED) is 0.163. The molecule has 3 aromatic carbocycles. The lowest BCUT2D eigenvalue weighted by Gasteiger charge is -2.38. The van der Waals surface area contributed by atoms with Crippen LogP contribution in [0, 0.1) is 11.6 Å². The number of carbonyl (C=O) groups excluding carboxylic acids is 3. The Morgan fingerprint density at radius 1 is 0.980 bits per heavy atom. The largest absolute Gasteiger partial charge is 0.438 e. The maximum atomic E-state index is 14.3. The minimum absolute atomic E-state index is 0.0271. The van der Waals surface area contributed by atoms with E-state index < -0.39 is 39.5 Å². The van der Waals surface area contributed by atoms with Crippen LogP contribution in [0.15, 0.2) is 79.0 Å². The number of piperidine rings is 1. The number of halogens is 2. The monoisotopic (exact) mass is 707 g/mol. The average molecular weight is 708 g/mol. The minimum Gasteiger partial charge on any atom is -0.438 e. The number of amides is 4. The molecule has 5 rings (SSSR count). The summed E-state index contributed by atoms with van der Waals surface area (Å²) in [4.78, 5) is 45.2. The van der Waals surface area contributed by atoms with Crippen molar-refractivity contribution in [3.63, 3.8) is 0 Å². The minimum atomic E-state index is -3.57. The molecule has 13 nitrogen and oxygen atoms in total. The highest BCUT2D eigenvalue weighted by molar-refractivity contribution is 7.92. The number of aromatic nitrogens is 1. The highest BCUT2D eigenvalue weighted by Gasteiger charge is 2.30. The molecule has 4 amide bonds. The molecule has 0 bridgehead atoms. The number of hydrogen-bond donors (Lipinski definition) is 4. The molecule has 1 aliphatic heterocycles. The number of nitrogens with zero attached hydrogens (tertiary/aromatic N) is 3. The Hall–Kier alpha value is -5.61. The first-order valence-electron chi connectivity index (χ1n) is 15.4. The molecule has 4 aromatic rings. The number of nitrogens with one attached hydrogen (secondary N) is 3. The molecule has 1 fully saturated rings. The summed E-state index contributed by atoms with van der Waals surface area (Å²) < 4.78 is 59.6. The van der Waals surface area contributed by atoms with E-state index in [0.717, 1.165) is 17.9 Å². The topological polar surface area (TPSA) is 176 Å². The van der Waals surface area contributed by atoms with Gasteiger partial charge >= 0.3 is 6.03 Å². The van der Waals surface area contributed by atoms with Crippen LogP contribution in [-0.4, -0.2) is 61.5 Å². The van der Waals surface area contributed by atoms with Gasteiger partial charge in [-0.15, -0.1) is 0 Å². The number of benzene rings is 3. The Morgan fingerprint density at radius 2 is 1.72 bits per heavy atom. The number of likely N-dealkylation sites (tertiary alicyclic amines) is 1. The number of nitrogens with two attached hydrogens (primary N) is 1. The number of sulfonamides is 1. The molecule has 1 aromatic heterocycles. The number of anilines is 4. The highest BCUT2D eigenvalue weighted by atomic mass is 32.2. The van der Waals surface area contributed by atoms with E-state index in [9.17, 15) is 31.6 Å². The molecule has 2 heterocycles. The first-order valence-corrected chi connectivity index (χ1v) is 17.3. The molecule has 0 aliphatic carbocycles. The molecule has 16 heteroatoms. The van der Waals surface area contributed by atoms with Crippen molar-refractivity contribution in [2.75, 3.05) is 39.6 Å². The second-order valence-electron chi connectivity index (χ2n) is 11.7. The van der Waals surface area contributed by atoms with E-state index in [4.69, 9.17) is 10.5 Å². The summed E-state index contributed by atoms with van der Waals surface area (Å²) >= 11 is 0. The summed E-state index contributed by atoms with van der Waals surface area (Å²) in [7, 11) is -3.57. The second-order valence-corrected chi connectivity index (χ2v) is 13.5. The van der Waals surface area contributed by atoms with Crippen LogP contribution >= 0.6 is 0 Å². The van der Waals surface area contributed by atoms with Crippen LogP contribution in [0.25, 0.3) is 0 Å². The van der Waals surface area contributed by atoms with Crippen molar-refractivity contribution in [1.82, 2.24) is 9.88 Å². The molecule has 1 saturated heterocycles. The zero-order valence-electron chi connectivity index (χ0n) is 27.2. The summed E-state index contributed by atoms with van der Waals surface area (Å²) in [5, 5.41) is 5.14. The Morgan fingerprint density at radius 3 is 2.36 bits per heavy atom. The molecule has 0 unspecified atom stereocenters. The standard InChI is InChI=1S/C34H35F2N7O6S/c1-21(44)39-30-18-24(7-9-29(30)36)40-34(46)43(27-5-3-4-23(35)16-27)26-12-14-42(15-13-26)20-22-6-11-32(38-19-22)49-31-10-8-25(41-50(2,47)48)17-28(31)33(37)45/h3-11,16-19,26,41H,12-15,20H2,1-2H3,(H2,37,45)(H,39,44)(H,40,46). The van der Waals surface area contributed by atoms with Crippen molar-refractivity contribution in [3.8, 4) is 11.6 Å². The molecule has 50 heavy (non-hydrogen) atoms. The predicted molar refractivity (Wildman–Crippen MR) is 185 cm³/mol. The predicted octanol–water partition coefficient (Wildman–Crippen LogP) is 5.28. The molecule has 0 saturated carbocycles. The second kappa shape index (κ2) is 15.3. The summed E-state index contributed by atoms with van der Waals surface area (Å²) in [6.45, 7) is 3.02. The third-order valence-corrected chi connectivity index (χ3v) is 8.33. The lowest BCUT2D eigenvalue weighted by molar-refractivity contribution is -0.114. The lowest BCUT2D eigenvalue weighted by Crippen LogP contribution is -2.49. The fourth-order valence-electron chi connectivity index (χ4n) is 5.55. The van der Waals surface area contributed by atoms with Crippen LogP contribution in [0.2, 0.25) is 0 Å². The molecule has 5 N–H and O–H groups in total. The van der Waals surface area contributed by atoms with Gasteiger partial charge in [0.25, 0.3) is 5.91 Å². The molecular weight excluding hydrogens is 672 g/mol. The molecule has 1 aliphatic rings. The zero-order valence-corrected chi connectivity index (χ0v) is 28.0. The van der Waals surface area contributed by atoms with Crippen molar-refractivity contribution in [2.45, 2.75) is 32.4 Å². The highest BCUT2D eigenvalue weighted by Crippen LogP contribution is 2.29. The van der Waals surface area contributed by atoms with Crippen molar-refractivity contribution in [2.24, 2.45) is 5.73 Å². The number of ether oxygens (including phenoxy) is 1. The molecular formula is C34H35F2N7O6S. The van der Waals surface area contributed by atoms with Crippen molar-refractivity contribution < 1.29 is 36.3 Å². The summed E-state index contributed by atoms with van der Waals surface area (Å²) in [6, 6.07) is 16.3. The van der Waals surface area contributed by atoms with Crippen LogP contribution in [0.1, 0.15) is 35.7 Å². The number of primary amides is 1. The maximum absolute atomic E-state index is 14.3. The van der Waals surface area contributed by atoms with Gasteiger partial charge in [0, 0.05) is 61.9 Å². The van der Waals surface area contributed by atoms with Gasteiger partial charge in [0.1, 0.15) is 17.4 Å². The lowest BCUT2D eigenvalue weighted by atomic mass is 10.0. The van der Waals surface area contributed by atoms with Gasteiger partial charge in [-0.2, -0.15) is 0 Å². The zero-order chi connectivity index (χ0) is 36.0. The number of hydrogen-bond acceptors (Lipinski definition) is 8. The van der Waals surface area contributed by atoms with Crippen molar-refractivity contribution in [1.29, 1.82) is 0 Å². The molecule has 0 spiro atoms. The third kappa shape index (κ3) is 9.51. The van der Waals surface area contributed by atoms with E-state index in [1.165, 1.54) is 60.4 Å². The van der Waals surface area contributed by atoms with E-state index in [1.807, 2.05) is 6.07 Å². The smallest absolute Gasteiger partial charge is 0.326 e. The van der Waals surface area contributed by atoms with E-state index in [-0.39, 0.29) is 40.3 Å². The number of pyridine rings is 1. The van der Waals surface area contributed by atoms with Crippen LogP contribution in [0.5, 0.6) is 11.6 Å². The maximum Gasteiger partial charge on any atom is 0.326 e. The fourth-order valence-corrected chi connectivity index (χ4v) is 6.11. The number of rotatable bonds is 11. The summed E-state index contributed by atoms with van der Waals surface area (Å²) in [5.41, 5.74) is 7.04.